The minimum Gasteiger partial charge on any atom is -0.490 e. The molecule has 2 heterocycles. The van der Waals surface area contributed by atoms with Gasteiger partial charge in [-0.15, -0.1) is 0 Å². The van der Waals surface area contributed by atoms with Gasteiger partial charge in [0.05, 0.1) is 25.9 Å². The Morgan fingerprint density at radius 2 is 1.83 bits per heavy atom. The molecule has 36 heavy (non-hydrogen) atoms. The fourth-order valence-corrected chi connectivity index (χ4v) is 4.49. The van der Waals surface area contributed by atoms with Gasteiger partial charge in [-0.25, -0.2) is 4.79 Å². The second-order valence-electron chi connectivity index (χ2n) is 8.89. The molecule has 0 radical (unpaired) electrons. The standard InChI is InChI=1S/C27H25N3O6/c1-15(27(34)35-3)28-24(31)16(2)30-14-21-19(5-4-6-20(21)26(30)33)18-9-10-23-22(13-18)29(11-12-36-23)25(32)17-7-8-17/h4-6,9-10,13,17H,1-2,7-8,11-12,14H2,3H3,(H,28,31). The first-order valence-corrected chi connectivity index (χ1v) is 11.6. The van der Waals surface area contributed by atoms with E-state index in [0.29, 0.717) is 24.5 Å². The van der Waals surface area contributed by atoms with E-state index in [1.165, 1.54) is 12.0 Å². The third-order valence-electron chi connectivity index (χ3n) is 6.58. The Morgan fingerprint density at radius 3 is 2.56 bits per heavy atom. The molecule has 2 aromatic rings. The van der Waals surface area contributed by atoms with E-state index in [2.05, 4.69) is 23.2 Å². The first-order chi connectivity index (χ1) is 17.3. The van der Waals surface area contributed by atoms with Gasteiger partial charge in [-0.2, -0.15) is 0 Å². The Bertz CT molecular complexity index is 1340. The first kappa shape index (κ1) is 23.3. The minimum absolute atomic E-state index is 0.0826. The summed E-state index contributed by atoms with van der Waals surface area (Å²) in [6.07, 6.45) is 1.83. The molecule has 2 aliphatic heterocycles. The van der Waals surface area contributed by atoms with Crippen LogP contribution in [0.4, 0.5) is 5.69 Å². The molecule has 3 aliphatic rings. The van der Waals surface area contributed by atoms with E-state index in [0.717, 1.165) is 35.2 Å². The lowest BCUT2D eigenvalue weighted by Crippen LogP contribution is -2.38. The van der Waals surface area contributed by atoms with E-state index >= 15 is 0 Å². The summed E-state index contributed by atoms with van der Waals surface area (Å²) in [6, 6.07) is 11.0. The zero-order valence-electron chi connectivity index (χ0n) is 19.8. The van der Waals surface area contributed by atoms with Gasteiger partial charge < -0.3 is 19.7 Å². The molecule has 9 nitrogen and oxygen atoms in total. The molecule has 1 N–H and O–H groups in total. The Hall–Kier alpha value is -4.40. The smallest absolute Gasteiger partial charge is 0.353 e. The highest BCUT2D eigenvalue weighted by atomic mass is 16.5. The van der Waals surface area contributed by atoms with Crippen molar-refractivity contribution in [1.82, 2.24) is 10.2 Å². The van der Waals surface area contributed by atoms with Crippen molar-refractivity contribution in [2.24, 2.45) is 5.92 Å². The van der Waals surface area contributed by atoms with Crippen LogP contribution in [0.2, 0.25) is 0 Å². The summed E-state index contributed by atoms with van der Waals surface area (Å²) in [5.41, 5.74) is 3.17. The number of anilines is 1. The maximum Gasteiger partial charge on any atom is 0.353 e. The van der Waals surface area contributed by atoms with Crippen molar-refractivity contribution in [1.29, 1.82) is 0 Å². The topological polar surface area (TPSA) is 105 Å². The number of hydrogen-bond donors (Lipinski definition) is 1. The van der Waals surface area contributed by atoms with Gasteiger partial charge in [-0.05, 0) is 47.7 Å². The first-order valence-electron chi connectivity index (χ1n) is 11.6. The summed E-state index contributed by atoms with van der Waals surface area (Å²) < 4.78 is 10.3. The highest BCUT2D eigenvalue weighted by molar-refractivity contribution is 6.08. The molecular formula is C27H25N3O6. The van der Waals surface area contributed by atoms with Crippen molar-refractivity contribution in [3.05, 3.63) is 72.1 Å². The van der Waals surface area contributed by atoms with Gasteiger partial charge in [0.25, 0.3) is 11.8 Å². The van der Waals surface area contributed by atoms with E-state index < -0.39 is 11.9 Å². The zero-order valence-corrected chi connectivity index (χ0v) is 19.8. The quantitative estimate of drug-likeness (QED) is 0.496. The predicted octanol–water partition coefficient (Wildman–Crippen LogP) is 2.76. The molecule has 5 rings (SSSR count). The predicted molar refractivity (Wildman–Crippen MR) is 131 cm³/mol. The summed E-state index contributed by atoms with van der Waals surface area (Å²) >= 11 is 0. The number of carbonyl (C=O) groups is 4. The largest absolute Gasteiger partial charge is 0.490 e. The molecule has 1 fully saturated rings. The Kier molecular flexibility index (Phi) is 5.83. The third-order valence-corrected chi connectivity index (χ3v) is 6.58. The molecule has 3 amide bonds. The molecule has 2 aromatic carbocycles. The van der Waals surface area contributed by atoms with E-state index in [1.807, 2.05) is 24.3 Å². The highest BCUT2D eigenvalue weighted by Gasteiger charge is 2.37. The normalized spacial score (nSPS) is 16.0. The minimum atomic E-state index is -0.792. The number of fused-ring (bicyclic) bond motifs is 2. The summed E-state index contributed by atoms with van der Waals surface area (Å²) in [5.74, 6) is -1.04. The monoisotopic (exact) mass is 487 g/mol. The van der Waals surface area contributed by atoms with E-state index in [1.54, 1.807) is 17.0 Å². The number of benzene rings is 2. The van der Waals surface area contributed by atoms with Crippen LogP contribution in [0.3, 0.4) is 0 Å². The van der Waals surface area contributed by atoms with Crippen molar-refractivity contribution in [3.63, 3.8) is 0 Å². The molecule has 184 valence electrons. The van der Waals surface area contributed by atoms with E-state index in [4.69, 9.17) is 4.74 Å². The second kappa shape index (κ2) is 8.99. The number of amides is 3. The summed E-state index contributed by atoms with van der Waals surface area (Å²) in [6.45, 7) is 8.29. The molecular weight excluding hydrogens is 462 g/mol. The molecule has 0 spiro atoms. The van der Waals surface area contributed by atoms with Gasteiger partial charge in [0.1, 0.15) is 23.8 Å². The molecule has 0 bridgehead atoms. The number of ether oxygens (including phenoxy) is 2. The van der Waals surface area contributed by atoms with Gasteiger partial charge in [-0.3, -0.25) is 19.3 Å². The van der Waals surface area contributed by atoms with Crippen LogP contribution in [0.15, 0.2) is 61.0 Å². The molecule has 1 aliphatic carbocycles. The fourth-order valence-electron chi connectivity index (χ4n) is 4.49. The van der Waals surface area contributed by atoms with Gasteiger partial charge in [0.15, 0.2) is 0 Å². The van der Waals surface area contributed by atoms with Crippen LogP contribution in [-0.2, 0) is 25.7 Å². The number of esters is 1. The third kappa shape index (κ3) is 4.02. The Balaban J connectivity index is 1.43. The average Bonchev–Trinajstić information content (AvgIpc) is 3.69. The number of carbonyl (C=O) groups excluding carboxylic acids is 4. The Labute approximate surface area is 208 Å². The van der Waals surface area contributed by atoms with Crippen molar-refractivity contribution in [2.45, 2.75) is 19.4 Å². The van der Waals surface area contributed by atoms with Gasteiger partial charge in [-0.1, -0.05) is 31.4 Å². The number of methoxy groups -OCH3 is 1. The van der Waals surface area contributed by atoms with Crippen molar-refractivity contribution < 1.29 is 28.7 Å². The number of nitrogens with one attached hydrogen (secondary N) is 1. The van der Waals surface area contributed by atoms with Gasteiger partial charge >= 0.3 is 5.97 Å². The number of hydrogen-bond acceptors (Lipinski definition) is 6. The van der Waals surface area contributed by atoms with Crippen molar-refractivity contribution >= 4 is 29.4 Å². The lowest BCUT2D eigenvalue weighted by Gasteiger charge is -2.30. The zero-order chi connectivity index (χ0) is 25.6. The number of rotatable bonds is 6. The lowest BCUT2D eigenvalue weighted by molar-refractivity contribution is -0.137. The number of nitrogens with zero attached hydrogens (tertiary/aromatic N) is 2. The van der Waals surface area contributed by atoms with Crippen LogP contribution in [0.25, 0.3) is 11.1 Å². The molecule has 0 unspecified atom stereocenters. The molecule has 0 atom stereocenters. The maximum atomic E-state index is 13.2. The van der Waals surface area contributed by atoms with Crippen LogP contribution in [0.5, 0.6) is 5.75 Å². The van der Waals surface area contributed by atoms with Crippen LogP contribution in [0.1, 0.15) is 28.8 Å². The molecule has 0 aromatic heterocycles. The Morgan fingerprint density at radius 1 is 1.08 bits per heavy atom. The van der Waals surface area contributed by atoms with E-state index in [-0.39, 0.29) is 35.7 Å². The van der Waals surface area contributed by atoms with Crippen LogP contribution < -0.4 is 15.0 Å². The van der Waals surface area contributed by atoms with Crippen molar-refractivity contribution in [2.75, 3.05) is 25.2 Å². The summed E-state index contributed by atoms with van der Waals surface area (Å²) in [4.78, 5) is 53.2. The van der Waals surface area contributed by atoms with Crippen LogP contribution >= 0.6 is 0 Å². The molecule has 9 heteroatoms. The average molecular weight is 488 g/mol. The van der Waals surface area contributed by atoms with Gasteiger partial charge in [0.2, 0.25) is 5.91 Å². The second-order valence-corrected chi connectivity index (χ2v) is 8.89. The van der Waals surface area contributed by atoms with E-state index in [9.17, 15) is 19.2 Å². The maximum absolute atomic E-state index is 13.2. The van der Waals surface area contributed by atoms with Gasteiger partial charge in [0, 0.05) is 11.5 Å². The van der Waals surface area contributed by atoms with Crippen molar-refractivity contribution in [3.8, 4) is 16.9 Å². The summed E-state index contributed by atoms with van der Waals surface area (Å²) in [5, 5.41) is 2.31. The van der Waals surface area contributed by atoms with Crippen LogP contribution in [-0.4, -0.2) is 48.9 Å². The SMILES string of the molecule is C=C(NC(=O)C(=C)N1Cc2c(cccc2-c2ccc3c(c2)N(C(=O)C2CC2)CCO3)C1=O)C(=O)OC. The fraction of sp³-hybridized carbons (Fsp3) is 0.259. The lowest BCUT2D eigenvalue weighted by atomic mass is 9.96. The highest BCUT2D eigenvalue weighted by Crippen LogP contribution is 2.41. The summed E-state index contributed by atoms with van der Waals surface area (Å²) in [7, 11) is 1.17. The van der Waals surface area contributed by atoms with Crippen LogP contribution in [0, 0.1) is 5.92 Å². The molecule has 0 saturated heterocycles. The molecule has 1 saturated carbocycles.